The largest absolute Gasteiger partial charge is 0.319 e. The van der Waals surface area contributed by atoms with Crippen LogP contribution in [-0.4, -0.2) is 33.3 Å². The van der Waals surface area contributed by atoms with E-state index in [-0.39, 0.29) is 0 Å². The van der Waals surface area contributed by atoms with Gasteiger partial charge in [0.2, 0.25) is 0 Å². The molecule has 5 nitrogen and oxygen atoms in total. The van der Waals surface area contributed by atoms with Crippen molar-refractivity contribution in [3.8, 4) is 11.4 Å². The van der Waals surface area contributed by atoms with Crippen LogP contribution in [-0.2, 0) is 7.05 Å². The third-order valence-electron chi connectivity index (χ3n) is 3.29. The average Bonchev–Trinajstić information content (AvgIpc) is 2.75. The van der Waals surface area contributed by atoms with Crippen LogP contribution in [0, 0.1) is 13.8 Å². The van der Waals surface area contributed by atoms with Crippen molar-refractivity contribution < 1.29 is 0 Å². The zero-order chi connectivity index (χ0) is 14.0. The number of nitrogens with one attached hydrogen (secondary N) is 1. The lowest BCUT2D eigenvalue weighted by atomic mass is 9.98. The molecule has 0 spiro atoms. The van der Waals surface area contributed by atoms with E-state index in [4.69, 9.17) is 0 Å². The van der Waals surface area contributed by atoms with Gasteiger partial charge in [-0.05, 0) is 32.4 Å². The molecule has 2 heterocycles. The number of nitrogens with zero attached hydrogens (tertiary/aromatic N) is 4. The summed E-state index contributed by atoms with van der Waals surface area (Å²) in [4.78, 5) is 9.26. The van der Waals surface area contributed by atoms with E-state index in [2.05, 4.69) is 41.2 Å². The lowest BCUT2D eigenvalue weighted by Crippen LogP contribution is -2.17. The third-order valence-corrected chi connectivity index (χ3v) is 3.29. The summed E-state index contributed by atoms with van der Waals surface area (Å²) in [5.74, 6) is 1.16. The van der Waals surface area contributed by atoms with Crippen molar-refractivity contribution >= 4 is 0 Å². The minimum atomic E-state index is 0.410. The molecule has 102 valence electrons. The molecule has 1 atom stereocenters. The van der Waals surface area contributed by atoms with Crippen LogP contribution < -0.4 is 5.32 Å². The molecule has 0 aliphatic rings. The molecule has 1 N–H and O–H groups in total. The quantitative estimate of drug-likeness (QED) is 0.910. The summed E-state index contributed by atoms with van der Waals surface area (Å²) in [5, 5.41) is 7.37. The van der Waals surface area contributed by atoms with E-state index in [1.807, 2.05) is 20.3 Å². The smallest absolute Gasteiger partial charge is 0.162 e. The average molecular weight is 259 g/mol. The van der Waals surface area contributed by atoms with Crippen LogP contribution in [0.1, 0.15) is 29.8 Å². The van der Waals surface area contributed by atoms with E-state index >= 15 is 0 Å². The molecule has 0 amide bonds. The van der Waals surface area contributed by atoms with E-state index in [1.165, 1.54) is 5.56 Å². The van der Waals surface area contributed by atoms with Crippen molar-refractivity contribution in [2.45, 2.75) is 26.7 Å². The summed E-state index contributed by atoms with van der Waals surface area (Å²) < 4.78 is 1.76. The number of aryl methyl sites for hydroxylation is 3. The van der Waals surface area contributed by atoms with Gasteiger partial charge in [0, 0.05) is 31.2 Å². The minimum Gasteiger partial charge on any atom is -0.319 e. The Bertz CT molecular complexity index is 550. The second kappa shape index (κ2) is 5.48. The number of rotatable bonds is 4. The molecule has 0 saturated heterocycles. The number of hydrogen-bond donors (Lipinski definition) is 1. The van der Waals surface area contributed by atoms with E-state index in [0.717, 1.165) is 29.3 Å². The zero-order valence-corrected chi connectivity index (χ0v) is 12.2. The molecule has 1 unspecified atom stereocenters. The van der Waals surface area contributed by atoms with Crippen LogP contribution in [0.4, 0.5) is 0 Å². The Morgan fingerprint density at radius 1 is 1.26 bits per heavy atom. The highest BCUT2D eigenvalue weighted by Gasteiger charge is 2.15. The van der Waals surface area contributed by atoms with Crippen LogP contribution in [0.25, 0.3) is 11.4 Å². The second-order valence-electron chi connectivity index (χ2n) is 4.99. The lowest BCUT2D eigenvalue weighted by molar-refractivity contribution is 0.663. The number of likely N-dealkylation sites (N-methyl/N-ethyl adjacent to an activating group) is 1. The predicted octanol–water partition coefficient (Wildman–Crippen LogP) is 1.82. The topological polar surface area (TPSA) is 55.6 Å². The van der Waals surface area contributed by atoms with Crippen molar-refractivity contribution in [3.63, 3.8) is 0 Å². The standard InChI is InChI=1S/C14H21N5/c1-9(6-15-4)13-10(2)17-14(18-11(13)3)12-7-16-19(5)8-12/h7-9,15H,6H2,1-5H3. The van der Waals surface area contributed by atoms with Crippen LogP contribution in [0.3, 0.4) is 0 Å². The van der Waals surface area contributed by atoms with Gasteiger partial charge in [0.25, 0.3) is 0 Å². The number of aromatic nitrogens is 4. The van der Waals surface area contributed by atoms with E-state index in [1.54, 1.807) is 10.9 Å². The van der Waals surface area contributed by atoms with Crippen LogP contribution >= 0.6 is 0 Å². The maximum Gasteiger partial charge on any atom is 0.162 e. The molecule has 0 aromatic carbocycles. The molecular weight excluding hydrogens is 238 g/mol. The van der Waals surface area contributed by atoms with Gasteiger partial charge in [0.15, 0.2) is 5.82 Å². The third kappa shape index (κ3) is 2.81. The first-order valence-corrected chi connectivity index (χ1v) is 6.51. The zero-order valence-electron chi connectivity index (χ0n) is 12.2. The van der Waals surface area contributed by atoms with Gasteiger partial charge in [0.1, 0.15) is 0 Å². The first-order valence-electron chi connectivity index (χ1n) is 6.51. The van der Waals surface area contributed by atoms with Gasteiger partial charge in [-0.15, -0.1) is 0 Å². The van der Waals surface area contributed by atoms with E-state index in [9.17, 15) is 0 Å². The van der Waals surface area contributed by atoms with Gasteiger partial charge in [-0.2, -0.15) is 5.10 Å². The van der Waals surface area contributed by atoms with Gasteiger partial charge in [0.05, 0.1) is 11.8 Å². The summed E-state index contributed by atoms with van der Waals surface area (Å²) in [6, 6.07) is 0. The van der Waals surface area contributed by atoms with Crippen molar-refractivity contribution in [2.75, 3.05) is 13.6 Å². The molecule has 0 bridgehead atoms. The van der Waals surface area contributed by atoms with Crippen LogP contribution in [0.5, 0.6) is 0 Å². The molecule has 0 aliphatic carbocycles. The van der Waals surface area contributed by atoms with Crippen molar-refractivity contribution in [1.29, 1.82) is 0 Å². The SMILES string of the molecule is CNCC(C)c1c(C)nc(-c2cnn(C)c2)nc1C. The summed E-state index contributed by atoms with van der Waals surface area (Å²) in [6.07, 6.45) is 3.73. The molecule has 0 radical (unpaired) electrons. The molecule has 0 aliphatic heterocycles. The van der Waals surface area contributed by atoms with Gasteiger partial charge in [-0.3, -0.25) is 4.68 Å². The summed E-state index contributed by atoms with van der Waals surface area (Å²) in [6.45, 7) is 7.22. The highest BCUT2D eigenvalue weighted by molar-refractivity contribution is 5.53. The summed E-state index contributed by atoms with van der Waals surface area (Å²) in [5.41, 5.74) is 4.30. The van der Waals surface area contributed by atoms with Gasteiger partial charge < -0.3 is 5.32 Å². The van der Waals surface area contributed by atoms with E-state index < -0.39 is 0 Å². The Labute approximate surface area is 114 Å². The number of hydrogen-bond acceptors (Lipinski definition) is 4. The molecule has 2 aromatic rings. The first-order chi connectivity index (χ1) is 9.02. The Hall–Kier alpha value is -1.75. The fourth-order valence-corrected chi connectivity index (χ4v) is 2.51. The molecular formula is C14H21N5. The molecule has 0 fully saturated rings. The Balaban J connectivity index is 2.42. The van der Waals surface area contributed by atoms with Crippen LogP contribution in [0.15, 0.2) is 12.4 Å². The van der Waals surface area contributed by atoms with Crippen molar-refractivity contribution in [3.05, 3.63) is 29.3 Å². The summed E-state index contributed by atoms with van der Waals surface area (Å²) >= 11 is 0. The minimum absolute atomic E-state index is 0.410. The molecule has 2 aromatic heterocycles. The van der Waals surface area contributed by atoms with Crippen LogP contribution in [0.2, 0.25) is 0 Å². The Morgan fingerprint density at radius 2 is 1.89 bits per heavy atom. The van der Waals surface area contributed by atoms with Gasteiger partial charge >= 0.3 is 0 Å². The first kappa shape index (κ1) is 13.7. The predicted molar refractivity (Wildman–Crippen MR) is 76.0 cm³/mol. The fraction of sp³-hybridized carbons (Fsp3) is 0.500. The normalized spacial score (nSPS) is 12.7. The lowest BCUT2D eigenvalue weighted by Gasteiger charge is -2.16. The monoisotopic (exact) mass is 259 g/mol. The van der Waals surface area contributed by atoms with E-state index in [0.29, 0.717) is 5.92 Å². The Morgan fingerprint density at radius 3 is 2.37 bits per heavy atom. The fourth-order valence-electron chi connectivity index (χ4n) is 2.51. The highest BCUT2D eigenvalue weighted by Crippen LogP contribution is 2.23. The maximum atomic E-state index is 4.63. The van der Waals surface area contributed by atoms with Gasteiger partial charge in [-0.1, -0.05) is 6.92 Å². The second-order valence-corrected chi connectivity index (χ2v) is 4.99. The molecule has 5 heteroatoms. The molecule has 19 heavy (non-hydrogen) atoms. The van der Waals surface area contributed by atoms with Gasteiger partial charge in [-0.25, -0.2) is 9.97 Å². The van der Waals surface area contributed by atoms with Crippen molar-refractivity contribution in [2.24, 2.45) is 7.05 Å². The Kier molecular flexibility index (Phi) is 3.95. The molecule has 0 saturated carbocycles. The molecule has 2 rings (SSSR count). The highest BCUT2D eigenvalue weighted by atomic mass is 15.2. The summed E-state index contributed by atoms with van der Waals surface area (Å²) in [7, 11) is 3.86. The van der Waals surface area contributed by atoms with Crippen molar-refractivity contribution in [1.82, 2.24) is 25.1 Å². The maximum absolute atomic E-state index is 4.63.